The van der Waals surface area contributed by atoms with E-state index >= 15 is 0 Å². The van der Waals surface area contributed by atoms with E-state index in [4.69, 9.17) is 16.3 Å². The number of rotatable bonds is 4. The van der Waals surface area contributed by atoms with Gasteiger partial charge in [0.1, 0.15) is 17.3 Å². The van der Waals surface area contributed by atoms with Crippen LogP contribution >= 0.6 is 11.6 Å². The molecule has 2 heterocycles. The maximum atomic E-state index is 12.6. The van der Waals surface area contributed by atoms with Gasteiger partial charge in [0.05, 0.1) is 17.8 Å². The molecular formula is C18H20ClN3O2. The standard InChI is InChI=1S/C18H20ClN3O2/c1-10(2)17-20-8-14(19)16(22-17)18(23)21-11(3)13-9-24-15-7-5-4-6-12(13)15/h4-8,10-11,13H,9H2,1-3H3,(H,21,23)/t11-,13-/m1/s1. The number of para-hydroxylation sites is 1. The van der Waals surface area contributed by atoms with Crippen LogP contribution < -0.4 is 10.1 Å². The Kier molecular flexibility index (Phi) is 4.71. The first kappa shape index (κ1) is 16.7. The molecule has 6 heteroatoms. The Morgan fingerprint density at radius 2 is 2.08 bits per heavy atom. The van der Waals surface area contributed by atoms with Crippen molar-refractivity contribution in [2.75, 3.05) is 6.61 Å². The van der Waals surface area contributed by atoms with Crippen LogP contribution in [0.2, 0.25) is 5.02 Å². The van der Waals surface area contributed by atoms with Crippen LogP contribution in [-0.2, 0) is 0 Å². The lowest BCUT2D eigenvalue weighted by atomic mass is 9.94. The fraction of sp³-hybridized carbons (Fsp3) is 0.389. The van der Waals surface area contributed by atoms with Crippen LogP contribution in [0.5, 0.6) is 5.75 Å². The summed E-state index contributed by atoms with van der Waals surface area (Å²) in [4.78, 5) is 21.1. The molecule has 1 aliphatic heterocycles. The molecule has 126 valence electrons. The van der Waals surface area contributed by atoms with Crippen molar-refractivity contribution in [3.05, 3.63) is 52.6 Å². The number of hydrogen-bond acceptors (Lipinski definition) is 4. The molecule has 5 nitrogen and oxygen atoms in total. The van der Waals surface area contributed by atoms with Gasteiger partial charge in [0, 0.05) is 23.4 Å². The normalized spacial score (nSPS) is 17.3. The Hall–Kier alpha value is -2.14. The second kappa shape index (κ2) is 6.77. The van der Waals surface area contributed by atoms with E-state index < -0.39 is 0 Å². The topological polar surface area (TPSA) is 64.1 Å². The average molecular weight is 346 g/mol. The van der Waals surface area contributed by atoms with E-state index in [-0.39, 0.29) is 34.5 Å². The lowest BCUT2D eigenvalue weighted by molar-refractivity contribution is 0.0927. The largest absolute Gasteiger partial charge is 0.493 e. The zero-order chi connectivity index (χ0) is 17.3. The minimum atomic E-state index is -0.291. The highest BCUT2D eigenvalue weighted by atomic mass is 35.5. The highest BCUT2D eigenvalue weighted by Crippen LogP contribution is 2.35. The zero-order valence-electron chi connectivity index (χ0n) is 13.9. The summed E-state index contributed by atoms with van der Waals surface area (Å²) in [6, 6.07) is 7.79. The smallest absolute Gasteiger partial charge is 0.271 e. The molecule has 0 unspecified atom stereocenters. The number of nitrogens with zero attached hydrogens (tertiary/aromatic N) is 2. The number of amides is 1. The van der Waals surface area contributed by atoms with Gasteiger partial charge in [0.15, 0.2) is 0 Å². The lowest BCUT2D eigenvalue weighted by Gasteiger charge is -2.20. The van der Waals surface area contributed by atoms with Crippen molar-refractivity contribution in [1.82, 2.24) is 15.3 Å². The van der Waals surface area contributed by atoms with E-state index in [0.29, 0.717) is 12.4 Å². The first-order valence-electron chi connectivity index (χ1n) is 8.02. The third kappa shape index (κ3) is 3.22. The minimum absolute atomic E-state index is 0.102. The van der Waals surface area contributed by atoms with E-state index in [1.807, 2.05) is 45.0 Å². The first-order valence-corrected chi connectivity index (χ1v) is 8.40. The number of halogens is 1. The number of carbonyl (C=O) groups excluding carboxylic acids is 1. The molecule has 24 heavy (non-hydrogen) atoms. The maximum absolute atomic E-state index is 12.6. The maximum Gasteiger partial charge on any atom is 0.271 e. The highest BCUT2D eigenvalue weighted by molar-refractivity contribution is 6.33. The van der Waals surface area contributed by atoms with Gasteiger partial charge in [0.25, 0.3) is 5.91 Å². The van der Waals surface area contributed by atoms with Crippen molar-refractivity contribution in [2.45, 2.75) is 38.6 Å². The van der Waals surface area contributed by atoms with Gasteiger partial charge in [-0.2, -0.15) is 0 Å². The van der Waals surface area contributed by atoms with E-state index in [0.717, 1.165) is 11.3 Å². The number of aromatic nitrogens is 2. The van der Waals surface area contributed by atoms with E-state index in [2.05, 4.69) is 15.3 Å². The molecular weight excluding hydrogens is 326 g/mol. The zero-order valence-corrected chi connectivity index (χ0v) is 14.7. The number of nitrogens with one attached hydrogen (secondary N) is 1. The quantitative estimate of drug-likeness (QED) is 0.920. The number of hydrogen-bond donors (Lipinski definition) is 1. The fourth-order valence-electron chi connectivity index (χ4n) is 2.80. The summed E-state index contributed by atoms with van der Waals surface area (Å²) in [5.74, 6) is 1.43. The Morgan fingerprint density at radius 3 is 2.83 bits per heavy atom. The SMILES string of the molecule is CC(C)c1ncc(Cl)c(C(=O)N[C@H](C)[C@H]2COc3ccccc32)n1. The van der Waals surface area contributed by atoms with Crippen molar-refractivity contribution < 1.29 is 9.53 Å². The Bertz CT molecular complexity index is 764. The summed E-state index contributed by atoms with van der Waals surface area (Å²) in [6.07, 6.45) is 1.48. The number of benzene rings is 1. The van der Waals surface area contributed by atoms with Gasteiger partial charge in [-0.25, -0.2) is 9.97 Å². The number of carbonyl (C=O) groups is 1. The molecule has 1 aliphatic rings. The molecule has 1 aromatic carbocycles. The second-order valence-electron chi connectivity index (χ2n) is 6.30. The lowest BCUT2D eigenvalue weighted by Crippen LogP contribution is -2.38. The predicted octanol–water partition coefficient (Wildman–Crippen LogP) is 3.55. The van der Waals surface area contributed by atoms with Crippen LogP contribution in [0.3, 0.4) is 0 Å². The van der Waals surface area contributed by atoms with E-state index in [1.54, 1.807) is 0 Å². The van der Waals surface area contributed by atoms with Crippen LogP contribution in [0.1, 0.15) is 54.5 Å². The van der Waals surface area contributed by atoms with Crippen LogP contribution in [0.15, 0.2) is 30.5 Å². The Labute approximate surface area is 146 Å². The molecule has 0 aliphatic carbocycles. The molecule has 1 N–H and O–H groups in total. The summed E-state index contributed by atoms with van der Waals surface area (Å²) in [6.45, 7) is 6.46. The first-order chi connectivity index (χ1) is 11.5. The van der Waals surface area contributed by atoms with Gasteiger partial charge in [-0.1, -0.05) is 43.6 Å². The summed E-state index contributed by atoms with van der Waals surface area (Å²) in [7, 11) is 0. The summed E-state index contributed by atoms with van der Waals surface area (Å²) in [5, 5.41) is 3.25. The molecule has 2 atom stereocenters. The van der Waals surface area contributed by atoms with Crippen LogP contribution in [-0.4, -0.2) is 28.5 Å². The van der Waals surface area contributed by atoms with Gasteiger partial charge in [-0.05, 0) is 13.0 Å². The molecule has 1 amide bonds. The van der Waals surface area contributed by atoms with Crippen LogP contribution in [0, 0.1) is 0 Å². The van der Waals surface area contributed by atoms with E-state index in [1.165, 1.54) is 6.20 Å². The molecule has 0 saturated heterocycles. The Morgan fingerprint density at radius 1 is 1.33 bits per heavy atom. The van der Waals surface area contributed by atoms with Crippen molar-refractivity contribution in [3.63, 3.8) is 0 Å². The summed E-state index contributed by atoms with van der Waals surface area (Å²) in [5.41, 5.74) is 1.33. The summed E-state index contributed by atoms with van der Waals surface area (Å²) < 4.78 is 5.69. The van der Waals surface area contributed by atoms with Gasteiger partial charge in [-0.3, -0.25) is 4.79 Å². The highest BCUT2D eigenvalue weighted by Gasteiger charge is 2.30. The third-order valence-corrected chi connectivity index (χ3v) is 4.47. The van der Waals surface area contributed by atoms with Crippen molar-refractivity contribution in [2.24, 2.45) is 0 Å². The monoisotopic (exact) mass is 345 g/mol. The van der Waals surface area contributed by atoms with Gasteiger partial charge in [-0.15, -0.1) is 0 Å². The molecule has 0 fully saturated rings. The van der Waals surface area contributed by atoms with Gasteiger partial charge < -0.3 is 10.1 Å². The molecule has 1 aromatic heterocycles. The second-order valence-corrected chi connectivity index (χ2v) is 6.70. The third-order valence-electron chi connectivity index (χ3n) is 4.19. The van der Waals surface area contributed by atoms with Crippen LogP contribution in [0.4, 0.5) is 0 Å². The van der Waals surface area contributed by atoms with Crippen LogP contribution in [0.25, 0.3) is 0 Å². The summed E-state index contributed by atoms with van der Waals surface area (Å²) >= 11 is 6.11. The molecule has 2 aromatic rings. The molecule has 0 bridgehead atoms. The number of fused-ring (bicyclic) bond motifs is 1. The van der Waals surface area contributed by atoms with E-state index in [9.17, 15) is 4.79 Å². The number of ether oxygens (including phenoxy) is 1. The molecule has 3 rings (SSSR count). The average Bonchev–Trinajstić information content (AvgIpc) is 2.99. The van der Waals surface area contributed by atoms with Gasteiger partial charge in [0.2, 0.25) is 0 Å². The van der Waals surface area contributed by atoms with Crippen molar-refractivity contribution >= 4 is 17.5 Å². The fourth-order valence-corrected chi connectivity index (χ4v) is 2.97. The van der Waals surface area contributed by atoms with Crippen molar-refractivity contribution in [3.8, 4) is 5.75 Å². The predicted molar refractivity (Wildman–Crippen MR) is 92.7 cm³/mol. The molecule has 0 saturated carbocycles. The van der Waals surface area contributed by atoms with Gasteiger partial charge >= 0.3 is 0 Å². The minimum Gasteiger partial charge on any atom is -0.493 e. The van der Waals surface area contributed by atoms with Crippen molar-refractivity contribution in [1.29, 1.82) is 0 Å². The Balaban J connectivity index is 1.77. The molecule has 0 radical (unpaired) electrons. The molecule has 0 spiro atoms.